The standard InChI is InChI=1S/C12H14N4O2S2/c1-3-7-4-8-10(14-6-15-11(8)20-7)19-5-9(17)16-12(18)13-2/h4,6H,3,5H2,1-2H3,(H2,13,16,17,18). The molecule has 6 nitrogen and oxygen atoms in total. The average Bonchev–Trinajstić information content (AvgIpc) is 2.88. The first-order chi connectivity index (χ1) is 9.63. The van der Waals surface area contributed by atoms with Gasteiger partial charge >= 0.3 is 6.03 Å². The first kappa shape index (κ1) is 14.7. The topological polar surface area (TPSA) is 84.0 Å². The second kappa shape index (κ2) is 6.67. The smallest absolute Gasteiger partial charge is 0.321 e. The minimum atomic E-state index is -0.507. The Hall–Kier alpha value is -1.67. The Bertz CT molecular complexity index is 641. The highest BCUT2D eigenvalue weighted by Gasteiger charge is 2.11. The molecule has 20 heavy (non-hydrogen) atoms. The van der Waals surface area contributed by atoms with E-state index in [2.05, 4.69) is 33.6 Å². The Morgan fingerprint density at radius 1 is 1.40 bits per heavy atom. The summed E-state index contributed by atoms with van der Waals surface area (Å²) in [6.45, 7) is 2.09. The first-order valence-electron chi connectivity index (χ1n) is 6.01. The van der Waals surface area contributed by atoms with Gasteiger partial charge in [-0.15, -0.1) is 11.3 Å². The molecule has 0 spiro atoms. The van der Waals surface area contributed by atoms with Crippen LogP contribution in [0.2, 0.25) is 0 Å². The van der Waals surface area contributed by atoms with Crippen LogP contribution in [0.4, 0.5) is 4.79 Å². The third kappa shape index (κ3) is 3.45. The fourth-order valence-corrected chi connectivity index (χ4v) is 3.30. The number of carbonyl (C=O) groups is 2. The Morgan fingerprint density at radius 3 is 2.90 bits per heavy atom. The molecule has 0 aliphatic rings. The van der Waals surface area contributed by atoms with Gasteiger partial charge in [0.1, 0.15) is 16.2 Å². The summed E-state index contributed by atoms with van der Waals surface area (Å²) in [4.78, 5) is 33.1. The number of nitrogens with zero attached hydrogens (tertiary/aromatic N) is 2. The van der Waals surface area contributed by atoms with Crippen LogP contribution in [0, 0.1) is 0 Å². The molecule has 2 aromatic heterocycles. The van der Waals surface area contributed by atoms with Crippen LogP contribution in [-0.4, -0.2) is 34.7 Å². The third-order valence-corrected chi connectivity index (χ3v) is 4.71. The van der Waals surface area contributed by atoms with Gasteiger partial charge in [0.2, 0.25) is 5.91 Å². The van der Waals surface area contributed by atoms with E-state index in [0.29, 0.717) is 0 Å². The molecule has 0 bridgehead atoms. The van der Waals surface area contributed by atoms with Crippen molar-refractivity contribution in [2.75, 3.05) is 12.8 Å². The molecule has 0 saturated heterocycles. The molecule has 0 unspecified atom stereocenters. The SMILES string of the molecule is CCc1cc2c(SCC(=O)NC(=O)NC)ncnc2s1. The molecule has 2 aromatic rings. The third-order valence-electron chi connectivity index (χ3n) is 2.51. The largest absolute Gasteiger partial charge is 0.341 e. The van der Waals surface area contributed by atoms with Crippen LogP contribution in [0.15, 0.2) is 17.4 Å². The van der Waals surface area contributed by atoms with Gasteiger partial charge in [0.15, 0.2) is 0 Å². The van der Waals surface area contributed by atoms with Gasteiger partial charge in [0, 0.05) is 17.3 Å². The number of hydrogen-bond donors (Lipinski definition) is 2. The maximum atomic E-state index is 11.5. The Labute approximate surface area is 124 Å². The van der Waals surface area contributed by atoms with Crippen LogP contribution < -0.4 is 10.6 Å². The molecule has 2 heterocycles. The van der Waals surface area contributed by atoms with Gasteiger partial charge in [-0.3, -0.25) is 10.1 Å². The van der Waals surface area contributed by atoms with Gasteiger partial charge in [-0.05, 0) is 12.5 Å². The second-order valence-corrected chi connectivity index (χ2v) is 5.96. The van der Waals surface area contributed by atoms with E-state index in [-0.39, 0.29) is 11.7 Å². The van der Waals surface area contributed by atoms with Crippen molar-refractivity contribution in [3.05, 3.63) is 17.3 Å². The molecule has 2 rings (SSSR count). The maximum absolute atomic E-state index is 11.5. The van der Waals surface area contributed by atoms with E-state index >= 15 is 0 Å². The molecule has 0 saturated carbocycles. The van der Waals surface area contributed by atoms with Crippen molar-refractivity contribution in [3.63, 3.8) is 0 Å². The number of nitrogens with one attached hydrogen (secondary N) is 2. The summed E-state index contributed by atoms with van der Waals surface area (Å²) in [6.07, 6.45) is 2.44. The van der Waals surface area contributed by atoms with Crippen molar-refractivity contribution in [1.82, 2.24) is 20.6 Å². The molecule has 0 aliphatic carbocycles. The fraction of sp³-hybridized carbons (Fsp3) is 0.333. The highest BCUT2D eigenvalue weighted by Crippen LogP contribution is 2.30. The molecule has 8 heteroatoms. The predicted octanol–water partition coefficient (Wildman–Crippen LogP) is 1.80. The molecular weight excluding hydrogens is 296 g/mol. The van der Waals surface area contributed by atoms with E-state index in [1.54, 1.807) is 11.3 Å². The number of carbonyl (C=O) groups excluding carboxylic acids is 2. The summed E-state index contributed by atoms with van der Waals surface area (Å²) in [7, 11) is 1.46. The number of aromatic nitrogens is 2. The van der Waals surface area contributed by atoms with Crippen molar-refractivity contribution in [3.8, 4) is 0 Å². The second-order valence-electron chi connectivity index (χ2n) is 3.88. The lowest BCUT2D eigenvalue weighted by Crippen LogP contribution is -2.38. The monoisotopic (exact) mass is 310 g/mol. The van der Waals surface area contributed by atoms with Crippen molar-refractivity contribution in [2.24, 2.45) is 0 Å². The quantitative estimate of drug-likeness (QED) is 0.664. The predicted molar refractivity (Wildman–Crippen MR) is 80.1 cm³/mol. The summed E-state index contributed by atoms with van der Waals surface area (Å²) in [6, 6.07) is 1.55. The minimum absolute atomic E-state index is 0.136. The molecule has 2 N–H and O–H groups in total. The summed E-state index contributed by atoms with van der Waals surface area (Å²) in [5.41, 5.74) is 0. The van der Waals surface area contributed by atoms with Crippen molar-refractivity contribution in [1.29, 1.82) is 0 Å². The van der Waals surface area contributed by atoms with E-state index in [0.717, 1.165) is 21.7 Å². The van der Waals surface area contributed by atoms with Gasteiger partial charge in [-0.2, -0.15) is 0 Å². The van der Waals surface area contributed by atoms with Crippen molar-refractivity contribution >= 4 is 45.3 Å². The lowest BCUT2D eigenvalue weighted by molar-refractivity contribution is -0.117. The number of rotatable bonds is 4. The Morgan fingerprint density at radius 2 is 2.20 bits per heavy atom. The van der Waals surface area contributed by atoms with Crippen LogP contribution in [0.3, 0.4) is 0 Å². The average molecular weight is 310 g/mol. The Balaban J connectivity index is 2.08. The van der Waals surface area contributed by atoms with Gasteiger partial charge in [0.25, 0.3) is 0 Å². The van der Waals surface area contributed by atoms with Crippen LogP contribution in [-0.2, 0) is 11.2 Å². The van der Waals surface area contributed by atoms with Crippen LogP contribution in [0.25, 0.3) is 10.2 Å². The first-order valence-corrected chi connectivity index (χ1v) is 7.82. The molecule has 0 radical (unpaired) electrons. The van der Waals surface area contributed by atoms with Crippen LogP contribution >= 0.6 is 23.1 Å². The van der Waals surface area contributed by atoms with Crippen molar-refractivity contribution in [2.45, 2.75) is 18.4 Å². The number of hydrogen-bond acceptors (Lipinski definition) is 6. The summed E-state index contributed by atoms with van der Waals surface area (Å²) in [5, 5.41) is 6.27. The van der Waals surface area contributed by atoms with Crippen molar-refractivity contribution < 1.29 is 9.59 Å². The van der Waals surface area contributed by atoms with E-state index in [4.69, 9.17) is 0 Å². The number of thiophene rings is 1. The number of aryl methyl sites for hydroxylation is 1. The highest BCUT2D eigenvalue weighted by molar-refractivity contribution is 8.00. The number of fused-ring (bicyclic) bond motifs is 1. The van der Waals surface area contributed by atoms with Gasteiger partial charge < -0.3 is 5.32 Å². The zero-order valence-electron chi connectivity index (χ0n) is 11.1. The summed E-state index contributed by atoms with van der Waals surface area (Å²) in [5.74, 6) is -0.219. The number of urea groups is 1. The molecular formula is C12H14N4O2S2. The molecule has 106 valence electrons. The molecule has 0 atom stereocenters. The fourth-order valence-electron chi connectivity index (χ4n) is 1.53. The van der Waals surface area contributed by atoms with Crippen LogP contribution in [0.5, 0.6) is 0 Å². The number of thioether (sulfide) groups is 1. The van der Waals surface area contributed by atoms with E-state index in [9.17, 15) is 9.59 Å². The number of amides is 3. The zero-order chi connectivity index (χ0) is 14.5. The highest BCUT2D eigenvalue weighted by atomic mass is 32.2. The Kier molecular flexibility index (Phi) is 4.91. The lowest BCUT2D eigenvalue weighted by Gasteiger charge is -2.03. The maximum Gasteiger partial charge on any atom is 0.321 e. The van der Waals surface area contributed by atoms with E-state index < -0.39 is 6.03 Å². The van der Waals surface area contributed by atoms with Gasteiger partial charge in [-0.25, -0.2) is 14.8 Å². The molecule has 0 fully saturated rings. The zero-order valence-corrected chi connectivity index (χ0v) is 12.7. The number of imide groups is 1. The minimum Gasteiger partial charge on any atom is -0.341 e. The molecule has 3 amide bonds. The molecule has 0 aromatic carbocycles. The summed E-state index contributed by atoms with van der Waals surface area (Å²) < 4.78 is 0. The normalized spacial score (nSPS) is 10.5. The van der Waals surface area contributed by atoms with E-state index in [1.807, 2.05) is 0 Å². The lowest BCUT2D eigenvalue weighted by atomic mass is 10.3. The van der Waals surface area contributed by atoms with Crippen LogP contribution in [0.1, 0.15) is 11.8 Å². The summed E-state index contributed by atoms with van der Waals surface area (Å²) >= 11 is 2.93. The molecule has 0 aliphatic heterocycles. The van der Waals surface area contributed by atoms with Gasteiger partial charge in [0.05, 0.1) is 5.75 Å². The van der Waals surface area contributed by atoms with E-state index in [1.165, 1.54) is 30.0 Å². The van der Waals surface area contributed by atoms with Gasteiger partial charge in [-0.1, -0.05) is 18.7 Å².